The van der Waals surface area contributed by atoms with Crippen LogP contribution in [-0.4, -0.2) is 35.9 Å². The van der Waals surface area contributed by atoms with E-state index in [4.69, 9.17) is 0 Å². The molecule has 0 bridgehead atoms. The van der Waals surface area contributed by atoms with Crippen molar-refractivity contribution in [1.82, 2.24) is 4.57 Å². The molecule has 0 saturated carbocycles. The second-order valence-corrected chi connectivity index (χ2v) is 6.50. The summed E-state index contributed by atoms with van der Waals surface area (Å²) >= 11 is 0. The molecule has 1 aromatic heterocycles. The zero-order valence-corrected chi connectivity index (χ0v) is 14.3. The molecule has 1 heterocycles. The second kappa shape index (κ2) is 11.2. The summed E-state index contributed by atoms with van der Waals surface area (Å²) in [5.74, 6) is -0.797. The molecule has 1 rings (SSSR count). The van der Waals surface area contributed by atoms with E-state index in [9.17, 15) is 17.8 Å². The topological polar surface area (TPSA) is 92.3 Å². The van der Waals surface area contributed by atoms with Crippen molar-refractivity contribution in [3.05, 3.63) is 18.7 Å². The van der Waals surface area contributed by atoms with Crippen LogP contribution < -0.4 is 4.57 Å². The number of ether oxygens (including phenoxy) is 1. The molecule has 0 saturated heterocycles. The molecule has 0 unspecified atom stereocenters. The fourth-order valence-electron chi connectivity index (χ4n) is 1.57. The maximum Gasteiger partial charge on any atom is 0.302 e. The van der Waals surface area contributed by atoms with Crippen molar-refractivity contribution >= 4 is 16.1 Å². The number of nitrogens with zero attached hydrogens (tertiary/aromatic N) is 2. The zero-order valence-electron chi connectivity index (χ0n) is 13.5. The minimum absolute atomic E-state index is 0.171. The van der Waals surface area contributed by atoms with Crippen molar-refractivity contribution in [1.29, 1.82) is 0 Å². The van der Waals surface area contributed by atoms with Gasteiger partial charge in [0.25, 0.3) is 0 Å². The van der Waals surface area contributed by atoms with Crippen LogP contribution in [-0.2, 0) is 33.2 Å². The fourth-order valence-corrected chi connectivity index (χ4v) is 2.13. The van der Waals surface area contributed by atoms with E-state index in [1.807, 2.05) is 7.05 Å². The first-order chi connectivity index (χ1) is 10.2. The van der Waals surface area contributed by atoms with Gasteiger partial charge in [0.05, 0.1) is 30.3 Å². The fraction of sp³-hybridized carbons (Fsp3) is 0.714. The zero-order chi connectivity index (χ0) is 17.0. The van der Waals surface area contributed by atoms with Gasteiger partial charge < -0.3 is 9.29 Å². The van der Waals surface area contributed by atoms with Gasteiger partial charge in [-0.15, -0.1) is 0 Å². The molecule has 0 amide bonds. The molecule has 0 fully saturated rings. The molecule has 0 aliphatic carbocycles. The second-order valence-electron chi connectivity index (χ2n) is 4.98. The molecule has 8 heteroatoms. The van der Waals surface area contributed by atoms with Crippen LogP contribution in [0.25, 0.3) is 0 Å². The van der Waals surface area contributed by atoms with Gasteiger partial charge in [0, 0.05) is 12.7 Å². The number of imidazole rings is 1. The highest BCUT2D eigenvalue weighted by Crippen LogP contribution is 1.94. The molecule has 128 valence electrons. The molecule has 0 N–H and O–H groups in total. The molecule has 7 nitrogen and oxygen atoms in total. The van der Waals surface area contributed by atoms with Crippen molar-refractivity contribution in [3.8, 4) is 0 Å². The minimum Gasteiger partial charge on any atom is -0.748 e. The number of rotatable bonds is 8. The minimum atomic E-state index is -4.12. The molecule has 22 heavy (non-hydrogen) atoms. The van der Waals surface area contributed by atoms with E-state index in [1.165, 1.54) is 19.8 Å². The maximum absolute atomic E-state index is 10.2. The highest BCUT2D eigenvalue weighted by atomic mass is 32.2. The van der Waals surface area contributed by atoms with Gasteiger partial charge in [0.15, 0.2) is 0 Å². The number of unbranched alkanes of at least 4 members (excludes halogenated alkanes) is 2. The normalized spacial score (nSPS) is 10.7. The van der Waals surface area contributed by atoms with Gasteiger partial charge in [-0.2, -0.15) is 0 Å². The Bertz CT molecular complexity index is 525. The Balaban J connectivity index is 0.000000406. The van der Waals surface area contributed by atoms with E-state index < -0.39 is 21.8 Å². The van der Waals surface area contributed by atoms with Crippen molar-refractivity contribution in [2.24, 2.45) is 7.05 Å². The highest BCUT2D eigenvalue weighted by molar-refractivity contribution is 7.85. The van der Waals surface area contributed by atoms with Crippen LogP contribution in [0.15, 0.2) is 18.7 Å². The van der Waals surface area contributed by atoms with Gasteiger partial charge in [-0.25, -0.2) is 17.6 Å². The van der Waals surface area contributed by atoms with Crippen LogP contribution in [0.1, 0.15) is 39.5 Å². The van der Waals surface area contributed by atoms with Gasteiger partial charge in [-0.05, 0) is 19.3 Å². The molecule has 0 radical (unpaired) electrons. The average Bonchev–Trinajstić information content (AvgIpc) is 2.81. The summed E-state index contributed by atoms with van der Waals surface area (Å²) in [4.78, 5) is 10.2. The lowest BCUT2D eigenvalue weighted by molar-refractivity contribution is -0.671. The van der Waals surface area contributed by atoms with Crippen LogP contribution in [0.5, 0.6) is 0 Å². The maximum atomic E-state index is 10.2. The predicted molar refractivity (Wildman–Crippen MR) is 80.9 cm³/mol. The Morgan fingerprint density at radius 1 is 1.32 bits per heavy atom. The van der Waals surface area contributed by atoms with Crippen molar-refractivity contribution in [2.75, 3.05) is 12.4 Å². The lowest BCUT2D eigenvalue weighted by Crippen LogP contribution is -2.23. The third-order valence-corrected chi connectivity index (χ3v) is 3.48. The summed E-state index contributed by atoms with van der Waals surface area (Å²) in [6.07, 6.45) is 9.46. The summed E-state index contributed by atoms with van der Waals surface area (Å²) in [5, 5.41) is 0. The van der Waals surface area contributed by atoms with E-state index in [0.29, 0.717) is 6.42 Å². The largest absolute Gasteiger partial charge is 0.748 e. The lowest BCUT2D eigenvalue weighted by atomic mass is 10.3. The summed E-state index contributed by atoms with van der Waals surface area (Å²) in [6.45, 7) is 4.80. The smallest absolute Gasteiger partial charge is 0.302 e. The van der Waals surface area contributed by atoms with E-state index >= 15 is 0 Å². The van der Waals surface area contributed by atoms with Gasteiger partial charge in [0.2, 0.25) is 6.33 Å². The van der Waals surface area contributed by atoms with Gasteiger partial charge in [-0.3, -0.25) is 4.79 Å². The van der Waals surface area contributed by atoms with E-state index in [-0.39, 0.29) is 13.0 Å². The molecule has 0 aromatic carbocycles. The first kappa shape index (κ1) is 20.6. The Morgan fingerprint density at radius 2 is 2.00 bits per heavy atom. The van der Waals surface area contributed by atoms with Crippen LogP contribution in [0.2, 0.25) is 0 Å². The Morgan fingerprint density at radius 3 is 2.45 bits per heavy atom. The molecule has 1 aromatic rings. The van der Waals surface area contributed by atoms with E-state index in [2.05, 4.69) is 39.5 Å². The number of hydrogen-bond acceptors (Lipinski definition) is 5. The quantitative estimate of drug-likeness (QED) is 0.306. The van der Waals surface area contributed by atoms with E-state index in [1.54, 1.807) is 0 Å². The van der Waals surface area contributed by atoms with Gasteiger partial charge in [-0.1, -0.05) is 13.3 Å². The van der Waals surface area contributed by atoms with Crippen molar-refractivity contribution < 1.29 is 27.1 Å². The predicted octanol–water partition coefficient (Wildman–Crippen LogP) is 0.988. The number of aromatic nitrogens is 2. The number of carbonyl (C=O) groups excluding carboxylic acids is 1. The van der Waals surface area contributed by atoms with Crippen molar-refractivity contribution in [3.63, 3.8) is 0 Å². The molecule has 0 aliphatic rings. The summed E-state index contributed by atoms with van der Waals surface area (Å²) in [7, 11) is -2.07. The van der Waals surface area contributed by atoms with Crippen LogP contribution in [0.4, 0.5) is 0 Å². The third kappa shape index (κ3) is 13.6. The van der Waals surface area contributed by atoms with Gasteiger partial charge in [0.1, 0.15) is 12.4 Å². The number of hydrogen-bond donors (Lipinski definition) is 0. The van der Waals surface area contributed by atoms with Crippen molar-refractivity contribution in [2.45, 2.75) is 46.1 Å². The van der Waals surface area contributed by atoms with E-state index in [0.717, 1.165) is 6.54 Å². The highest BCUT2D eigenvalue weighted by Gasteiger charge is 1.97. The van der Waals surface area contributed by atoms with Gasteiger partial charge >= 0.3 is 5.97 Å². The first-order valence-electron chi connectivity index (χ1n) is 7.32. The average molecular weight is 334 g/mol. The molecular weight excluding hydrogens is 308 g/mol. The number of esters is 1. The summed E-state index contributed by atoms with van der Waals surface area (Å²) < 4.78 is 39.0. The number of aryl methyl sites for hydroxylation is 2. The molecule has 0 atom stereocenters. The Hall–Kier alpha value is -1.41. The summed E-state index contributed by atoms with van der Waals surface area (Å²) in [6, 6.07) is 0. The Kier molecular flexibility index (Phi) is 10.5. The van der Waals surface area contributed by atoms with Crippen LogP contribution >= 0.6 is 0 Å². The molecule has 0 spiro atoms. The third-order valence-electron chi connectivity index (χ3n) is 2.69. The van der Waals surface area contributed by atoms with Crippen LogP contribution in [0, 0.1) is 0 Å². The lowest BCUT2D eigenvalue weighted by Gasteiger charge is -2.05. The SMILES string of the molecule is CC(=O)OCCCCS(=O)(=O)[O-].CCCCn1cc[n+](C)c1. The number of carbonyl (C=O) groups is 1. The molecule has 0 aliphatic heterocycles. The van der Waals surface area contributed by atoms with Crippen LogP contribution in [0.3, 0.4) is 0 Å². The Labute approximate surface area is 132 Å². The first-order valence-corrected chi connectivity index (χ1v) is 8.90. The monoisotopic (exact) mass is 334 g/mol. The molecular formula is C14H26N2O5S. The standard InChI is InChI=1S/C8H15N2.C6H12O5S/c1-3-4-5-10-7-6-9(2)8-10;1-6(7)11-4-2-3-5-12(8,9)10/h6-8H,3-5H2,1-2H3;2-5H2,1H3,(H,8,9,10)/q+1;/p-1. The summed E-state index contributed by atoms with van der Waals surface area (Å²) in [5.41, 5.74) is 0.